The van der Waals surface area contributed by atoms with Crippen LogP contribution in [0.4, 0.5) is 0 Å². The highest BCUT2D eigenvalue weighted by Crippen LogP contribution is 2.30. The Bertz CT molecular complexity index is 723. The van der Waals surface area contributed by atoms with Crippen LogP contribution in [-0.4, -0.2) is 15.0 Å². The predicted molar refractivity (Wildman–Crippen MR) is 72.8 cm³/mol. The number of rotatable bonds is 1. The van der Waals surface area contributed by atoms with Crippen LogP contribution in [0, 0.1) is 0 Å². The first-order chi connectivity index (χ1) is 8.75. The predicted octanol–water partition coefficient (Wildman–Crippen LogP) is 4.00. The quantitative estimate of drug-likeness (QED) is 0.630. The van der Waals surface area contributed by atoms with Crippen molar-refractivity contribution in [2.75, 3.05) is 0 Å². The van der Waals surface area contributed by atoms with Crippen LogP contribution in [0.5, 0.6) is 0 Å². The molecule has 0 fully saturated rings. The van der Waals surface area contributed by atoms with Crippen molar-refractivity contribution in [2.24, 2.45) is 0 Å². The van der Waals surface area contributed by atoms with Gasteiger partial charge in [0.2, 0.25) is 5.28 Å². The van der Waals surface area contributed by atoms with Crippen molar-refractivity contribution in [2.45, 2.75) is 0 Å². The summed E-state index contributed by atoms with van der Waals surface area (Å²) in [6.45, 7) is 0. The molecule has 0 bridgehead atoms. The molecule has 0 aliphatic carbocycles. The Morgan fingerprint density at radius 1 is 0.889 bits per heavy atom. The molecule has 0 amide bonds. The maximum Gasteiger partial charge on any atom is 0.223 e. The summed E-state index contributed by atoms with van der Waals surface area (Å²) in [5, 5.41) is 2.65. The van der Waals surface area contributed by atoms with Crippen LogP contribution in [-0.2, 0) is 0 Å². The van der Waals surface area contributed by atoms with Crippen LogP contribution < -0.4 is 0 Å². The smallest absolute Gasteiger partial charge is 0.223 e. The Morgan fingerprint density at radius 2 is 1.72 bits per heavy atom. The first-order valence-corrected chi connectivity index (χ1v) is 6.03. The summed E-state index contributed by atoms with van der Waals surface area (Å²) in [5.74, 6) is 0. The Morgan fingerprint density at radius 3 is 2.61 bits per heavy atom. The third-order valence-corrected chi connectivity index (χ3v) is 3.07. The number of nitrogens with zero attached hydrogens (tertiary/aromatic N) is 3. The van der Waals surface area contributed by atoms with Gasteiger partial charge >= 0.3 is 0 Å². The molecule has 0 saturated carbocycles. The highest BCUT2D eigenvalue weighted by molar-refractivity contribution is 6.34. The minimum Gasteiger partial charge on any atom is -0.254 e. The van der Waals surface area contributed by atoms with Crippen molar-refractivity contribution in [1.82, 2.24) is 15.0 Å². The molecule has 2 heterocycles. The second-order valence-electron chi connectivity index (χ2n) is 3.72. The topological polar surface area (TPSA) is 38.7 Å². The van der Waals surface area contributed by atoms with Gasteiger partial charge in [-0.3, -0.25) is 4.98 Å². The lowest BCUT2D eigenvalue weighted by molar-refractivity contribution is 1.16. The molecule has 2 aromatic heterocycles. The van der Waals surface area contributed by atoms with Crippen molar-refractivity contribution in [3.05, 3.63) is 53.0 Å². The van der Waals surface area contributed by atoms with Crippen LogP contribution >= 0.6 is 23.2 Å². The zero-order valence-corrected chi connectivity index (χ0v) is 10.7. The van der Waals surface area contributed by atoms with Gasteiger partial charge in [-0.1, -0.05) is 35.9 Å². The van der Waals surface area contributed by atoms with E-state index >= 15 is 0 Å². The van der Waals surface area contributed by atoms with E-state index < -0.39 is 0 Å². The first kappa shape index (κ1) is 11.4. The minimum atomic E-state index is 0.157. The SMILES string of the molecule is Clc1ncc(Cl)c(-c2nccc3ccccc23)n1. The molecule has 1 aromatic carbocycles. The van der Waals surface area contributed by atoms with Gasteiger partial charge in [-0.05, 0) is 23.1 Å². The molecule has 3 nitrogen and oxygen atoms in total. The van der Waals surface area contributed by atoms with Crippen molar-refractivity contribution in [3.63, 3.8) is 0 Å². The normalized spacial score (nSPS) is 10.8. The fourth-order valence-electron chi connectivity index (χ4n) is 1.82. The summed E-state index contributed by atoms with van der Waals surface area (Å²) in [6.07, 6.45) is 3.21. The van der Waals surface area contributed by atoms with E-state index in [9.17, 15) is 0 Å². The number of halogens is 2. The lowest BCUT2D eigenvalue weighted by Gasteiger charge is -2.06. The number of benzene rings is 1. The molecule has 0 radical (unpaired) electrons. The van der Waals surface area contributed by atoms with E-state index in [0.29, 0.717) is 16.4 Å². The van der Waals surface area contributed by atoms with Gasteiger partial charge in [-0.15, -0.1) is 0 Å². The third-order valence-electron chi connectivity index (χ3n) is 2.61. The minimum absolute atomic E-state index is 0.157. The molecule has 5 heteroatoms. The molecule has 0 saturated heterocycles. The largest absolute Gasteiger partial charge is 0.254 e. The van der Waals surface area contributed by atoms with Crippen molar-refractivity contribution < 1.29 is 0 Å². The van der Waals surface area contributed by atoms with Crippen LogP contribution in [0.2, 0.25) is 10.3 Å². The zero-order valence-electron chi connectivity index (χ0n) is 9.14. The molecule has 88 valence electrons. The van der Waals surface area contributed by atoms with E-state index in [4.69, 9.17) is 23.2 Å². The molecule has 0 atom stereocenters. The van der Waals surface area contributed by atoms with Gasteiger partial charge in [-0.25, -0.2) is 9.97 Å². The molecule has 3 rings (SSSR count). The lowest BCUT2D eigenvalue weighted by atomic mass is 10.1. The molecule has 0 spiro atoms. The Kier molecular flexibility index (Phi) is 2.86. The highest BCUT2D eigenvalue weighted by atomic mass is 35.5. The van der Waals surface area contributed by atoms with Crippen LogP contribution in [0.1, 0.15) is 0 Å². The van der Waals surface area contributed by atoms with Gasteiger partial charge in [0.15, 0.2) is 0 Å². The zero-order chi connectivity index (χ0) is 12.5. The maximum atomic E-state index is 6.11. The van der Waals surface area contributed by atoms with E-state index in [1.54, 1.807) is 6.20 Å². The number of hydrogen-bond donors (Lipinski definition) is 0. The Hall–Kier alpha value is -1.71. The van der Waals surface area contributed by atoms with Crippen LogP contribution in [0.25, 0.3) is 22.2 Å². The number of aromatic nitrogens is 3. The second-order valence-corrected chi connectivity index (χ2v) is 4.46. The molecular formula is C13H7Cl2N3. The van der Waals surface area contributed by atoms with Crippen molar-refractivity contribution in [1.29, 1.82) is 0 Å². The molecule has 0 aliphatic heterocycles. The van der Waals surface area contributed by atoms with Crippen molar-refractivity contribution in [3.8, 4) is 11.4 Å². The standard InChI is InChI=1S/C13H7Cl2N3/c14-10-7-17-13(15)18-12(10)11-9-4-2-1-3-8(9)5-6-16-11/h1-7H. The summed E-state index contributed by atoms with van der Waals surface area (Å²) in [4.78, 5) is 12.3. The Labute approximate surface area is 113 Å². The third kappa shape index (κ3) is 1.92. The van der Waals surface area contributed by atoms with Crippen molar-refractivity contribution >= 4 is 34.0 Å². The van der Waals surface area contributed by atoms with E-state index in [1.807, 2.05) is 30.3 Å². The van der Waals surface area contributed by atoms with Gasteiger partial charge in [0, 0.05) is 11.6 Å². The summed E-state index contributed by atoms with van der Waals surface area (Å²) in [5.41, 5.74) is 1.26. The van der Waals surface area contributed by atoms with E-state index in [2.05, 4.69) is 15.0 Å². The van der Waals surface area contributed by atoms with Gasteiger partial charge in [0.1, 0.15) is 5.69 Å². The molecule has 0 unspecified atom stereocenters. The summed E-state index contributed by atoms with van der Waals surface area (Å²) in [7, 11) is 0. The molecule has 0 N–H and O–H groups in total. The average molecular weight is 276 g/mol. The van der Waals surface area contributed by atoms with E-state index in [-0.39, 0.29) is 5.28 Å². The van der Waals surface area contributed by atoms with Gasteiger partial charge in [0.05, 0.1) is 16.9 Å². The fraction of sp³-hybridized carbons (Fsp3) is 0. The number of hydrogen-bond acceptors (Lipinski definition) is 3. The highest BCUT2D eigenvalue weighted by Gasteiger charge is 2.11. The van der Waals surface area contributed by atoms with Gasteiger partial charge in [-0.2, -0.15) is 0 Å². The summed E-state index contributed by atoms with van der Waals surface area (Å²) < 4.78 is 0. The number of pyridine rings is 1. The lowest BCUT2D eigenvalue weighted by Crippen LogP contribution is -1.92. The van der Waals surface area contributed by atoms with Crippen LogP contribution in [0.3, 0.4) is 0 Å². The summed E-state index contributed by atoms with van der Waals surface area (Å²) >= 11 is 11.9. The van der Waals surface area contributed by atoms with Crippen LogP contribution in [0.15, 0.2) is 42.7 Å². The fourth-order valence-corrected chi connectivity index (χ4v) is 2.13. The molecule has 3 aromatic rings. The summed E-state index contributed by atoms with van der Waals surface area (Å²) in [6, 6.07) is 9.85. The molecule has 0 aliphatic rings. The molecule has 18 heavy (non-hydrogen) atoms. The van der Waals surface area contributed by atoms with Gasteiger partial charge in [0.25, 0.3) is 0 Å². The van der Waals surface area contributed by atoms with E-state index in [0.717, 1.165) is 10.8 Å². The Balaban J connectivity index is 2.35. The van der Waals surface area contributed by atoms with Gasteiger partial charge < -0.3 is 0 Å². The second kappa shape index (κ2) is 4.52. The molecular weight excluding hydrogens is 269 g/mol. The van der Waals surface area contributed by atoms with E-state index in [1.165, 1.54) is 6.20 Å². The number of fused-ring (bicyclic) bond motifs is 1. The first-order valence-electron chi connectivity index (χ1n) is 5.28. The maximum absolute atomic E-state index is 6.11. The monoisotopic (exact) mass is 275 g/mol. The average Bonchev–Trinajstić information content (AvgIpc) is 2.41.